The molecule has 0 aliphatic heterocycles. The van der Waals surface area contributed by atoms with Crippen molar-refractivity contribution in [1.82, 2.24) is 9.97 Å². The zero-order valence-electron chi connectivity index (χ0n) is 10.8. The van der Waals surface area contributed by atoms with Crippen molar-refractivity contribution in [1.29, 1.82) is 5.26 Å². The Morgan fingerprint density at radius 1 is 1.14 bits per heavy atom. The molecule has 1 heterocycles. The van der Waals surface area contributed by atoms with Crippen LogP contribution in [0.4, 0.5) is 17.2 Å². The SMILES string of the molecule is N#Cc1ccc(Br)cc1Nc1ncnc2ccc(N)cc12. The Morgan fingerprint density at radius 2 is 2.00 bits per heavy atom. The van der Waals surface area contributed by atoms with E-state index in [1.807, 2.05) is 24.3 Å². The summed E-state index contributed by atoms with van der Waals surface area (Å²) in [6.07, 6.45) is 1.48. The first-order valence-electron chi connectivity index (χ1n) is 6.14. The molecule has 0 saturated carbocycles. The largest absolute Gasteiger partial charge is 0.399 e. The number of rotatable bonds is 2. The number of anilines is 3. The van der Waals surface area contributed by atoms with E-state index in [0.717, 1.165) is 15.4 Å². The summed E-state index contributed by atoms with van der Waals surface area (Å²) < 4.78 is 0.877. The van der Waals surface area contributed by atoms with Crippen molar-refractivity contribution in [3.63, 3.8) is 0 Å². The number of benzene rings is 2. The summed E-state index contributed by atoms with van der Waals surface area (Å²) in [4.78, 5) is 8.45. The Kier molecular flexibility index (Phi) is 3.42. The van der Waals surface area contributed by atoms with Gasteiger partial charge in [-0.1, -0.05) is 15.9 Å². The van der Waals surface area contributed by atoms with Crippen molar-refractivity contribution < 1.29 is 0 Å². The van der Waals surface area contributed by atoms with Gasteiger partial charge in [-0.3, -0.25) is 0 Å². The Bertz CT molecular complexity index is 870. The molecular weight excluding hydrogens is 330 g/mol. The zero-order valence-corrected chi connectivity index (χ0v) is 12.4. The summed E-state index contributed by atoms with van der Waals surface area (Å²) in [5.74, 6) is 0.613. The third-order valence-corrected chi connectivity index (χ3v) is 3.51. The predicted molar refractivity (Wildman–Crippen MR) is 86.1 cm³/mol. The Labute approximate surface area is 129 Å². The molecule has 0 atom stereocenters. The van der Waals surface area contributed by atoms with Gasteiger partial charge in [0.05, 0.1) is 16.8 Å². The molecule has 6 heteroatoms. The van der Waals surface area contributed by atoms with Crippen LogP contribution in [-0.2, 0) is 0 Å². The molecule has 0 fully saturated rings. The van der Waals surface area contributed by atoms with Crippen LogP contribution in [0.3, 0.4) is 0 Å². The molecular formula is C15H10BrN5. The van der Waals surface area contributed by atoms with E-state index in [0.29, 0.717) is 22.8 Å². The summed E-state index contributed by atoms with van der Waals surface area (Å²) in [5, 5.41) is 13.2. The fourth-order valence-corrected chi connectivity index (χ4v) is 2.38. The minimum Gasteiger partial charge on any atom is -0.399 e. The molecule has 21 heavy (non-hydrogen) atoms. The molecule has 1 aromatic heterocycles. The molecule has 3 rings (SSSR count). The van der Waals surface area contributed by atoms with Gasteiger partial charge in [-0.2, -0.15) is 5.26 Å². The normalized spacial score (nSPS) is 10.3. The van der Waals surface area contributed by atoms with Gasteiger partial charge in [0.2, 0.25) is 0 Å². The minimum atomic E-state index is 0.536. The van der Waals surface area contributed by atoms with E-state index in [1.54, 1.807) is 12.1 Å². The molecule has 5 nitrogen and oxygen atoms in total. The maximum atomic E-state index is 9.19. The molecule has 0 aliphatic rings. The maximum absolute atomic E-state index is 9.19. The fourth-order valence-electron chi connectivity index (χ4n) is 2.02. The van der Waals surface area contributed by atoms with Gasteiger partial charge < -0.3 is 11.1 Å². The Hall–Kier alpha value is -2.65. The highest BCUT2D eigenvalue weighted by molar-refractivity contribution is 9.10. The maximum Gasteiger partial charge on any atom is 0.141 e. The average molecular weight is 340 g/mol. The molecule has 0 amide bonds. The second kappa shape index (κ2) is 5.38. The van der Waals surface area contributed by atoms with Gasteiger partial charge in [0.1, 0.15) is 18.2 Å². The number of hydrogen-bond donors (Lipinski definition) is 2. The molecule has 2 aromatic carbocycles. The molecule has 3 N–H and O–H groups in total. The summed E-state index contributed by atoms with van der Waals surface area (Å²) in [6, 6.07) is 13.0. The van der Waals surface area contributed by atoms with Crippen molar-refractivity contribution in [2.24, 2.45) is 0 Å². The van der Waals surface area contributed by atoms with Gasteiger partial charge in [-0.05, 0) is 36.4 Å². The van der Waals surface area contributed by atoms with Gasteiger partial charge in [0.15, 0.2) is 0 Å². The second-order valence-corrected chi connectivity index (χ2v) is 5.34. The summed E-state index contributed by atoms with van der Waals surface area (Å²) in [6.45, 7) is 0. The van der Waals surface area contributed by atoms with Gasteiger partial charge in [-0.15, -0.1) is 0 Å². The monoisotopic (exact) mass is 339 g/mol. The smallest absolute Gasteiger partial charge is 0.141 e. The van der Waals surface area contributed by atoms with Crippen LogP contribution in [-0.4, -0.2) is 9.97 Å². The van der Waals surface area contributed by atoms with Gasteiger partial charge >= 0.3 is 0 Å². The van der Waals surface area contributed by atoms with Crippen molar-refractivity contribution in [3.05, 3.63) is 52.8 Å². The van der Waals surface area contributed by atoms with Crippen LogP contribution < -0.4 is 11.1 Å². The second-order valence-electron chi connectivity index (χ2n) is 4.43. The van der Waals surface area contributed by atoms with Crippen molar-refractivity contribution in [2.45, 2.75) is 0 Å². The van der Waals surface area contributed by atoms with E-state index >= 15 is 0 Å². The first kappa shape index (κ1) is 13.3. The predicted octanol–water partition coefficient (Wildman–Crippen LogP) is 3.59. The average Bonchev–Trinajstić information content (AvgIpc) is 2.48. The lowest BCUT2D eigenvalue weighted by Crippen LogP contribution is -1.98. The number of nitrogen functional groups attached to an aromatic ring is 1. The van der Waals surface area contributed by atoms with Crippen LogP contribution >= 0.6 is 15.9 Å². The molecule has 102 valence electrons. The fraction of sp³-hybridized carbons (Fsp3) is 0. The van der Waals surface area contributed by atoms with E-state index < -0.39 is 0 Å². The first-order chi connectivity index (χ1) is 10.2. The van der Waals surface area contributed by atoms with Crippen LogP contribution in [0.1, 0.15) is 5.56 Å². The lowest BCUT2D eigenvalue weighted by molar-refractivity contribution is 1.22. The minimum absolute atomic E-state index is 0.536. The molecule has 0 radical (unpaired) electrons. The Balaban J connectivity index is 2.13. The summed E-state index contributed by atoms with van der Waals surface area (Å²) in [7, 11) is 0. The third kappa shape index (κ3) is 2.64. The molecule has 0 aliphatic carbocycles. The van der Waals surface area contributed by atoms with Crippen LogP contribution in [0.25, 0.3) is 10.9 Å². The highest BCUT2D eigenvalue weighted by Crippen LogP contribution is 2.28. The standard InChI is InChI=1S/C15H10BrN5/c16-10-2-1-9(7-17)14(5-10)21-15-12-6-11(18)3-4-13(12)19-8-20-15/h1-6,8H,18H2,(H,19,20,21). The number of fused-ring (bicyclic) bond motifs is 1. The number of nitrogens with zero attached hydrogens (tertiary/aromatic N) is 3. The van der Waals surface area contributed by atoms with Crippen LogP contribution in [0.2, 0.25) is 0 Å². The van der Waals surface area contributed by atoms with E-state index in [2.05, 4.69) is 37.3 Å². The molecule has 0 saturated heterocycles. The lowest BCUT2D eigenvalue weighted by atomic mass is 10.1. The van der Waals surface area contributed by atoms with Gasteiger partial charge in [0.25, 0.3) is 0 Å². The van der Waals surface area contributed by atoms with Crippen LogP contribution in [0.5, 0.6) is 0 Å². The number of nitrogens with two attached hydrogens (primary N) is 1. The molecule has 0 spiro atoms. The highest BCUT2D eigenvalue weighted by atomic mass is 79.9. The van der Waals surface area contributed by atoms with E-state index in [4.69, 9.17) is 5.73 Å². The van der Waals surface area contributed by atoms with Crippen LogP contribution in [0.15, 0.2) is 47.2 Å². The van der Waals surface area contributed by atoms with Crippen molar-refractivity contribution >= 4 is 44.0 Å². The number of hydrogen-bond acceptors (Lipinski definition) is 5. The van der Waals surface area contributed by atoms with Gasteiger partial charge in [-0.25, -0.2) is 9.97 Å². The van der Waals surface area contributed by atoms with E-state index in [-0.39, 0.29) is 0 Å². The van der Waals surface area contributed by atoms with Crippen molar-refractivity contribution in [2.75, 3.05) is 11.1 Å². The quantitative estimate of drug-likeness (QED) is 0.696. The van der Waals surface area contributed by atoms with E-state index in [1.165, 1.54) is 6.33 Å². The van der Waals surface area contributed by atoms with Crippen molar-refractivity contribution in [3.8, 4) is 6.07 Å². The first-order valence-corrected chi connectivity index (χ1v) is 6.93. The number of aromatic nitrogens is 2. The number of nitriles is 1. The highest BCUT2D eigenvalue weighted by Gasteiger charge is 2.08. The Morgan fingerprint density at radius 3 is 2.81 bits per heavy atom. The third-order valence-electron chi connectivity index (χ3n) is 3.01. The van der Waals surface area contributed by atoms with Gasteiger partial charge in [0, 0.05) is 15.5 Å². The lowest BCUT2D eigenvalue weighted by Gasteiger charge is -2.10. The van der Waals surface area contributed by atoms with Crippen LogP contribution in [0, 0.1) is 11.3 Å². The molecule has 0 unspecified atom stereocenters. The number of halogens is 1. The molecule has 3 aromatic rings. The molecule has 0 bridgehead atoms. The summed E-state index contributed by atoms with van der Waals surface area (Å²) >= 11 is 3.40. The number of nitrogens with one attached hydrogen (secondary N) is 1. The summed E-state index contributed by atoms with van der Waals surface area (Å²) in [5.41, 5.74) is 8.46. The van der Waals surface area contributed by atoms with E-state index in [9.17, 15) is 5.26 Å². The zero-order chi connectivity index (χ0) is 14.8. The topological polar surface area (TPSA) is 87.6 Å².